The van der Waals surface area contributed by atoms with Crippen molar-refractivity contribution in [2.45, 2.75) is 19.8 Å². The number of hydrogen-bond acceptors (Lipinski definition) is 4. The molecule has 0 atom stereocenters. The van der Waals surface area contributed by atoms with E-state index >= 15 is 0 Å². The highest BCUT2D eigenvalue weighted by Gasteiger charge is 2.23. The van der Waals surface area contributed by atoms with Crippen molar-refractivity contribution in [2.75, 3.05) is 26.2 Å². The Morgan fingerprint density at radius 2 is 2.06 bits per heavy atom. The van der Waals surface area contributed by atoms with Crippen LogP contribution in [0.1, 0.15) is 30.1 Å². The molecule has 1 aromatic heterocycles. The van der Waals surface area contributed by atoms with Crippen molar-refractivity contribution in [1.29, 1.82) is 0 Å². The van der Waals surface area contributed by atoms with Crippen LogP contribution in [-0.2, 0) is 0 Å². The van der Waals surface area contributed by atoms with Crippen molar-refractivity contribution in [3.8, 4) is 0 Å². The SMILES string of the molecule is CCNCC1CCN(C(=O)c2cncnc2)CC1. The van der Waals surface area contributed by atoms with E-state index in [0.29, 0.717) is 11.5 Å². The average Bonchev–Trinajstić information content (AvgIpc) is 2.46. The maximum Gasteiger partial charge on any atom is 0.256 e. The van der Waals surface area contributed by atoms with Crippen LogP contribution in [0.2, 0.25) is 0 Å². The van der Waals surface area contributed by atoms with Crippen molar-refractivity contribution < 1.29 is 4.79 Å². The third kappa shape index (κ3) is 3.26. The highest BCUT2D eigenvalue weighted by Crippen LogP contribution is 2.17. The van der Waals surface area contributed by atoms with Crippen LogP contribution in [0.4, 0.5) is 0 Å². The van der Waals surface area contributed by atoms with Gasteiger partial charge in [-0.3, -0.25) is 4.79 Å². The summed E-state index contributed by atoms with van der Waals surface area (Å²) in [5.41, 5.74) is 0.586. The van der Waals surface area contributed by atoms with Crippen LogP contribution in [0.15, 0.2) is 18.7 Å². The first-order valence-electron chi connectivity index (χ1n) is 6.56. The molecular formula is C13H20N4O. The Labute approximate surface area is 108 Å². The molecule has 2 heterocycles. The highest BCUT2D eigenvalue weighted by atomic mass is 16.2. The molecule has 1 fully saturated rings. The second-order valence-electron chi connectivity index (χ2n) is 4.67. The minimum atomic E-state index is 0.0532. The van der Waals surface area contributed by atoms with Gasteiger partial charge >= 0.3 is 0 Å². The van der Waals surface area contributed by atoms with E-state index in [1.54, 1.807) is 12.4 Å². The first-order valence-corrected chi connectivity index (χ1v) is 6.56. The van der Waals surface area contributed by atoms with E-state index in [2.05, 4.69) is 22.2 Å². The molecule has 18 heavy (non-hydrogen) atoms. The summed E-state index contributed by atoms with van der Waals surface area (Å²) in [6.07, 6.45) is 6.76. The number of nitrogens with one attached hydrogen (secondary N) is 1. The quantitative estimate of drug-likeness (QED) is 0.861. The maximum absolute atomic E-state index is 12.2. The van der Waals surface area contributed by atoms with Gasteiger partial charge in [0.1, 0.15) is 6.33 Å². The summed E-state index contributed by atoms with van der Waals surface area (Å²) in [5, 5.41) is 3.37. The zero-order valence-electron chi connectivity index (χ0n) is 10.8. The topological polar surface area (TPSA) is 58.1 Å². The fraction of sp³-hybridized carbons (Fsp3) is 0.615. The van der Waals surface area contributed by atoms with Gasteiger partial charge in [0.25, 0.3) is 5.91 Å². The van der Waals surface area contributed by atoms with E-state index in [4.69, 9.17) is 0 Å². The fourth-order valence-electron chi connectivity index (χ4n) is 2.28. The van der Waals surface area contributed by atoms with Crippen LogP contribution < -0.4 is 5.32 Å². The fourth-order valence-corrected chi connectivity index (χ4v) is 2.28. The van der Waals surface area contributed by atoms with Gasteiger partial charge in [-0.25, -0.2) is 9.97 Å². The lowest BCUT2D eigenvalue weighted by Gasteiger charge is -2.32. The molecule has 98 valence electrons. The third-order valence-corrected chi connectivity index (χ3v) is 3.39. The smallest absolute Gasteiger partial charge is 0.256 e. The number of nitrogens with zero attached hydrogens (tertiary/aromatic N) is 3. The predicted octanol–water partition coefficient (Wildman–Crippen LogP) is 0.938. The van der Waals surface area contributed by atoms with E-state index in [1.807, 2.05) is 4.90 Å². The molecule has 1 aliphatic rings. The Kier molecular flexibility index (Phi) is 4.64. The van der Waals surface area contributed by atoms with Gasteiger partial charge in [0.05, 0.1) is 5.56 Å². The van der Waals surface area contributed by atoms with E-state index in [9.17, 15) is 4.79 Å². The Morgan fingerprint density at radius 1 is 1.39 bits per heavy atom. The van der Waals surface area contributed by atoms with Crippen molar-refractivity contribution in [3.63, 3.8) is 0 Å². The number of piperidine rings is 1. The van der Waals surface area contributed by atoms with Crippen LogP contribution >= 0.6 is 0 Å². The van der Waals surface area contributed by atoms with Gasteiger partial charge in [-0.2, -0.15) is 0 Å². The van der Waals surface area contributed by atoms with Crippen molar-refractivity contribution in [3.05, 3.63) is 24.3 Å². The van der Waals surface area contributed by atoms with Crippen LogP contribution in [-0.4, -0.2) is 47.0 Å². The Morgan fingerprint density at radius 3 is 2.67 bits per heavy atom. The number of carbonyl (C=O) groups is 1. The number of rotatable bonds is 4. The normalized spacial score (nSPS) is 16.8. The number of likely N-dealkylation sites (tertiary alicyclic amines) is 1. The predicted molar refractivity (Wildman–Crippen MR) is 69.2 cm³/mol. The summed E-state index contributed by atoms with van der Waals surface area (Å²) in [6, 6.07) is 0. The van der Waals surface area contributed by atoms with Crippen molar-refractivity contribution >= 4 is 5.91 Å². The molecule has 1 aliphatic heterocycles. The van der Waals surface area contributed by atoms with Crippen LogP contribution in [0.25, 0.3) is 0 Å². The lowest BCUT2D eigenvalue weighted by atomic mass is 9.96. The van der Waals surface area contributed by atoms with Gasteiger partial charge in [-0.05, 0) is 31.8 Å². The first-order chi connectivity index (χ1) is 8.81. The van der Waals surface area contributed by atoms with Gasteiger partial charge in [0.2, 0.25) is 0 Å². The molecule has 1 saturated heterocycles. The second kappa shape index (κ2) is 6.44. The molecule has 1 N–H and O–H groups in total. The first kappa shape index (κ1) is 13.0. The van der Waals surface area contributed by atoms with Crippen molar-refractivity contribution in [2.24, 2.45) is 5.92 Å². The number of amides is 1. The van der Waals surface area contributed by atoms with Gasteiger partial charge in [0, 0.05) is 25.5 Å². The third-order valence-electron chi connectivity index (χ3n) is 3.39. The molecule has 0 unspecified atom stereocenters. The summed E-state index contributed by atoms with van der Waals surface area (Å²) in [5.74, 6) is 0.749. The van der Waals surface area contributed by atoms with Crippen LogP contribution in [0.5, 0.6) is 0 Å². The summed E-state index contributed by atoms with van der Waals surface area (Å²) in [6.45, 7) is 5.87. The number of carbonyl (C=O) groups excluding carboxylic acids is 1. The Hall–Kier alpha value is -1.49. The zero-order chi connectivity index (χ0) is 12.8. The Balaban J connectivity index is 1.84. The molecule has 0 saturated carbocycles. The lowest BCUT2D eigenvalue weighted by molar-refractivity contribution is 0.0689. The molecule has 0 spiro atoms. The molecule has 0 aliphatic carbocycles. The zero-order valence-corrected chi connectivity index (χ0v) is 10.8. The maximum atomic E-state index is 12.2. The molecular weight excluding hydrogens is 228 g/mol. The minimum Gasteiger partial charge on any atom is -0.339 e. The van der Waals surface area contributed by atoms with Crippen LogP contribution in [0.3, 0.4) is 0 Å². The van der Waals surface area contributed by atoms with E-state index < -0.39 is 0 Å². The summed E-state index contributed by atoms with van der Waals surface area (Å²) in [4.78, 5) is 21.8. The van der Waals surface area contributed by atoms with E-state index in [1.165, 1.54) is 6.33 Å². The largest absolute Gasteiger partial charge is 0.339 e. The van der Waals surface area contributed by atoms with Gasteiger partial charge < -0.3 is 10.2 Å². The van der Waals surface area contributed by atoms with Gasteiger partial charge in [-0.1, -0.05) is 6.92 Å². The van der Waals surface area contributed by atoms with E-state index in [-0.39, 0.29) is 5.91 Å². The summed E-state index contributed by atoms with van der Waals surface area (Å²) >= 11 is 0. The molecule has 0 radical (unpaired) electrons. The summed E-state index contributed by atoms with van der Waals surface area (Å²) < 4.78 is 0. The molecule has 5 nitrogen and oxygen atoms in total. The summed E-state index contributed by atoms with van der Waals surface area (Å²) in [7, 11) is 0. The molecule has 5 heteroatoms. The monoisotopic (exact) mass is 248 g/mol. The standard InChI is InChI=1S/C13H20N4O/c1-2-14-7-11-3-5-17(6-4-11)13(18)12-8-15-10-16-9-12/h8-11,14H,2-7H2,1H3. The van der Waals surface area contributed by atoms with Gasteiger partial charge in [0.15, 0.2) is 0 Å². The molecule has 0 aromatic carbocycles. The molecule has 1 aromatic rings. The number of hydrogen-bond donors (Lipinski definition) is 1. The van der Waals surface area contributed by atoms with Crippen LogP contribution in [0, 0.1) is 5.92 Å². The average molecular weight is 248 g/mol. The highest BCUT2D eigenvalue weighted by molar-refractivity contribution is 5.93. The Bertz CT molecular complexity index is 374. The lowest BCUT2D eigenvalue weighted by Crippen LogP contribution is -2.40. The van der Waals surface area contributed by atoms with E-state index in [0.717, 1.165) is 39.0 Å². The number of aromatic nitrogens is 2. The van der Waals surface area contributed by atoms with Gasteiger partial charge in [-0.15, -0.1) is 0 Å². The second-order valence-corrected chi connectivity index (χ2v) is 4.67. The molecule has 2 rings (SSSR count). The molecule has 0 bridgehead atoms. The van der Waals surface area contributed by atoms with Crippen molar-refractivity contribution in [1.82, 2.24) is 20.2 Å². The minimum absolute atomic E-state index is 0.0532. The molecule has 1 amide bonds.